The summed E-state index contributed by atoms with van der Waals surface area (Å²) >= 11 is 18.7. The van der Waals surface area contributed by atoms with E-state index in [2.05, 4.69) is 10.1 Å². The Morgan fingerprint density at radius 1 is 0.947 bits per heavy atom. The Balaban J connectivity index is 1.70. The van der Waals surface area contributed by atoms with Crippen molar-refractivity contribution in [3.63, 3.8) is 0 Å². The highest BCUT2D eigenvalue weighted by Gasteiger charge is 2.35. The maximum atomic E-state index is 13.5. The lowest BCUT2D eigenvalue weighted by Gasteiger charge is -2.22. The van der Waals surface area contributed by atoms with Crippen molar-refractivity contribution < 1.29 is 14.7 Å². The Morgan fingerprint density at radius 3 is 2.42 bits per heavy atom. The van der Waals surface area contributed by atoms with Crippen LogP contribution in [0, 0.1) is 0 Å². The van der Waals surface area contributed by atoms with Crippen molar-refractivity contribution in [2.24, 2.45) is 5.10 Å². The number of benzene rings is 3. The summed E-state index contributed by atoms with van der Waals surface area (Å²) in [5, 5.41) is 16.8. The molecular weight excluding hydrogens is 549 g/mol. The van der Waals surface area contributed by atoms with Crippen molar-refractivity contribution in [3.8, 4) is 11.1 Å². The van der Waals surface area contributed by atoms with Crippen molar-refractivity contribution in [3.05, 3.63) is 103 Å². The molecule has 7 nitrogen and oxygen atoms in total. The molecule has 1 aliphatic heterocycles. The molecule has 38 heavy (non-hydrogen) atoms. The number of nitrogens with zero attached hydrogens (tertiary/aromatic N) is 2. The first-order valence-corrected chi connectivity index (χ1v) is 12.8. The van der Waals surface area contributed by atoms with Crippen molar-refractivity contribution in [1.82, 2.24) is 9.99 Å². The molecule has 5 rings (SSSR count). The highest BCUT2D eigenvalue weighted by atomic mass is 35.5. The van der Waals surface area contributed by atoms with Gasteiger partial charge in [0.1, 0.15) is 0 Å². The second kappa shape index (κ2) is 10.6. The van der Waals surface area contributed by atoms with Gasteiger partial charge in [-0.15, -0.1) is 0 Å². The zero-order valence-electron chi connectivity index (χ0n) is 19.7. The highest BCUT2D eigenvalue weighted by molar-refractivity contribution is 6.42. The smallest absolute Gasteiger partial charge is 0.303 e. The molecule has 10 heteroatoms. The Morgan fingerprint density at radius 2 is 1.71 bits per heavy atom. The molecule has 0 unspecified atom stereocenters. The molecule has 3 aromatic carbocycles. The van der Waals surface area contributed by atoms with Crippen molar-refractivity contribution >= 4 is 63.3 Å². The molecule has 1 atom stereocenters. The third-order valence-electron chi connectivity index (χ3n) is 6.37. The van der Waals surface area contributed by atoms with Crippen LogP contribution in [-0.4, -0.2) is 32.7 Å². The fourth-order valence-electron chi connectivity index (χ4n) is 4.64. The second-order valence-corrected chi connectivity index (χ2v) is 10.1. The SMILES string of the molecule is O=C(O)CCC(=O)N1N=C(c2c(-c3ccccc3)c3cc(Cl)ccc3[nH]c2=O)C[C@H]1c1ccc(Cl)c(Cl)c1. The summed E-state index contributed by atoms with van der Waals surface area (Å²) < 4.78 is 0. The number of hydrazone groups is 1. The first-order chi connectivity index (χ1) is 18.2. The Bertz CT molecular complexity index is 1670. The van der Waals surface area contributed by atoms with Gasteiger partial charge in [0.25, 0.3) is 5.56 Å². The molecule has 2 heterocycles. The van der Waals surface area contributed by atoms with Crippen LogP contribution in [0.3, 0.4) is 0 Å². The summed E-state index contributed by atoms with van der Waals surface area (Å²) in [4.78, 5) is 40.8. The van der Waals surface area contributed by atoms with Crippen LogP contribution in [-0.2, 0) is 9.59 Å². The number of aromatic nitrogens is 1. The number of halogens is 3. The number of carboxylic acid groups (broad SMARTS) is 1. The van der Waals surface area contributed by atoms with Gasteiger partial charge in [0.15, 0.2) is 0 Å². The Labute approximate surface area is 232 Å². The van der Waals surface area contributed by atoms with Crippen LogP contribution in [0.4, 0.5) is 0 Å². The second-order valence-electron chi connectivity index (χ2n) is 8.83. The third-order valence-corrected chi connectivity index (χ3v) is 7.35. The highest BCUT2D eigenvalue weighted by Crippen LogP contribution is 2.39. The van der Waals surface area contributed by atoms with Gasteiger partial charge in [-0.3, -0.25) is 14.4 Å². The minimum Gasteiger partial charge on any atom is -0.481 e. The molecule has 2 N–H and O–H groups in total. The van der Waals surface area contributed by atoms with E-state index in [4.69, 9.17) is 39.9 Å². The summed E-state index contributed by atoms with van der Waals surface area (Å²) in [7, 11) is 0. The summed E-state index contributed by atoms with van der Waals surface area (Å²) in [5.74, 6) is -1.58. The molecule has 0 saturated carbocycles. The van der Waals surface area contributed by atoms with Crippen LogP contribution in [0.1, 0.15) is 36.4 Å². The van der Waals surface area contributed by atoms with Gasteiger partial charge in [-0.1, -0.05) is 71.2 Å². The number of amides is 1. The van der Waals surface area contributed by atoms with E-state index in [-0.39, 0.29) is 24.8 Å². The van der Waals surface area contributed by atoms with E-state index in [0.29, 0.717) is 43.0 Å². The summed E-state index contributed by atoms with van der Waals surface area (Å²) in [5.41, 5.74) is 3.00. The van der Waals surface area contributed by atoms with Crippen molar-refractivity contribution in [1.29, 1.82) is 0 Å². The number of H-pyrrole nitrogens is 1. The van der Waals surface area contributed by atoms with Gasteiger partial charge in [-0.2, -0.15) is 5.10 Å². The Hall–Kier alpha value is -3.65. The fourth-order valence-corrected chi connectivity index (χ4v) is 5.12. The van der Waals surface area contributed by atoms with Crippen LogP contribution < -0.4 is 5.56 Å². The number of carboxylic acids is 1. The largest absolute Gasteiger partial charge is 0.481 e. The zero-order valence-corrected chi connectivity index (χ0v) is 22.0. The lowest BCUT2D eigenvalue weighted by atomic mass is 9.91. The molecule has 4 aromatic rings. The summed E-state index contributed by atoms with van der Waals surface area (Å²) in [6, 6.07) is 19.0. The van der Waals surface area contributed by atoms with Gasteiger partial charge < -0.3 is 10.1 Å². The number of pyridine rings is 1. The molecule has 0 radical (unpaired) electrons. The van der Waals surface area contributed by atoms with Crippen molar-refractivity contribution in [2.75, 3.05) is 0 Å². The number of rotatable bonds is 6. The number of carbonyl (C=O) groups excluding carboxylic acids is 1. The van der Waals surface area contributed by atoms with Gasteiger partial charge in [0.2, 0.25) is 5.91 Å². The van der Waals surface area contributed by atoms with E-state index in [1.165, 1.54) is 5.01 Å². The van der Waals surface area contributed by atoms with Gasteiger partial charge in [-0.25, -0.2) is 5.01 Å². The molecule has 0 fully saturated rings. The maximum absolute atomic E-state index is 13.5. The van der Waals surface area contributed by atoms with E-state index in [1.807, 2.05) is 30.3 Å². The van der Waals surface area contributed by atoms with Crippen LogP contribution in [0.15, 0.2) is 76.6 Å². The Kier molecular flexibility index (Phi) is 7.25. The predicted octanol–water partition coefficient (Wildman–Crippen LogP) is 6.70. The minimum absolute atomic E-state index is 0.200. The third kappa shape index (κ3) is 5.05. The van der Waals surface area contributed by atoms with E-state index >= 15 is 0 Å². The molecule has 0 bridgehead atoms. The molecule has 1 aliphatic rings. The first-order valence-electron chi connectivity index (χ1n) is 11.7. The number of fused-ring (bicyclic) bond motifs is 1. The average molecular weight is 569 g/mol. The fraction of sp³-hybridized carbons (Fsp3) is 0.143. The van der Waals surface area contributed by atoms with Crippen LogP contribution in [0.5, 0.6) is 0 Å². The van der Waals surface area contributed by atoms with Crippen LogP contribution in [0.25, 0.3) is 22.0 Å². The van der Waals surface area contributed by atoms with Gasteiger partial charge in [-0.05, 0) is 41.5 Å². The van der Waals surface area contributed by atoms with E-state index in [1.54, 1.807) is 36.4 Å². The number of nitrogens with one attached hydrogen (secondary N) is 1. The van der Waals surface area contributed by atoms with Crippen LogP contribution >= 0.6 is 34.8 Å². The van der Waals surface area contributed by atoms with Gasteiger partial charge in [0, 0.05) is 34.3 Å². The number of aliphatic carboxylic acids is 1. The topological polar surface area (TPSA) is 103 Å². The molecular formula is C28H20Cl3N3O4. The zero-order chi connectivity index (χ0) is 27.0. The number of carbonyl (C=O) groups is 2. The summed E-state index contributed by atoms with van der Waals surface area (Å²) in [6.45, 7) is 0. The van der Waals surface area contributed by atoms with E-state index in [0.717, 1.165) is 10.9 Å². The average Bonchev–Trinajstić information content (AvgIpc) is 3.34. The normalized spacial score (nSPS) is 15.1. The van der Waals surface area contributed by atoms with Gasteiger partial charge in [0.05, 0.1) is 33.8 Å². The lowest BCUT2D eigenvalue weighted by Crippen LogP contribution is -2.27. The molecule has 0 aliphatic carbocycles. The summed E-state index contributed by atoms with van der Waals surface area (Å²) in [6.07, 6.45) is -0.399. The number of hydrogen-bond acceptors (Lipinski definition) is 4. The monoisotopic (exact) mass is 567 g/mol. The first kappa shape index (κ1) is 26.0. The van der Waals surface area contributed by atoms with E-state index < -0.39 is 17.9 Å². The number of aromatic amines is 1. The molecule has 192 valence electrons. The lowest BCUT2D eigenvalue weighted by molar-refractivity contribution is -0.141. The van der Waals surface area contributed by atoms with Crippen LogP contribution in [0.2, 0.25) is 15.1 Å². The van der Waals surface area contributed by atoms with E-state index in [9.17, 15) is 14.4 Å². The minimum atomic E-state index is -1.10. The molecule has 1 aromatic heterocycles. The predicted molar refractivity (Wildman–Crippen MR) is 149 cm³/mol. The maximum Gasteiger partial charge on any atom is 0.303 e. The van der Waals surface area contributed by atoms with Gasteiger partial charge >= 0.3 is 5.97 Å². The molecule has 0 saturated heterocycles. The van der Waals surface area contributed by atoms with Crippen molar-refractivity contribution in [2.45, 2.75) is 25.3 Å². The quantitative estimate of drug-likeness (QED) is 0.270. The molecule has 0 spiro atoms. The number of hydrogen-bond donors (Lipinski definition) is 2. The molecule has 1 amide bonds. The standard InChI is InChI=1S/C28H20Cl3N3O4/c29-17-7-9-21-18(13-17)26(15-4-2-1-3-5-15)27(28(38)32-21)22-14-23(16-6-8-19(30)20(31)12-16)34(33-22)24(35)10-11-25(36)37/h1-9,12-13,23H,10-11,14H2,(H,32,38)(H,36,37)/t23-/m0/s1.